The quantitative estimate of drug-likeness (QED) is 0.468. The van der Waals surface area contributed by atoms with E-state index in [2.05, 4.69) is 25.3 Å². The molecule has 0 aliphatic heterocycles. The van der Waals surface area contributed by atoms with Crippen LogP contribution in [-0.2, 0) is 12.8 Å². The molecule has 0 spiro atoms. The van der Waals surface area contributed by atoms with Gasteiger partial charge in [-0.15, -0.1) is 0 Å². The molecule has 33 heavy (non-hydrogen) atoms. The van der Waals surface area contributed by atoms with Gasteiger partial charge >= 0.3 is 6.18 Å². The molecule has 0 radical (unpaired) electrons. The normalized spacial score (nSPS) is 11.3. The van der Waals surface area contributed by atoms with Gasteiger partial charge in [-0.3, -0.25) is 4.79 Å². The molecule has 2 aromatic carbocycles. The summed E-state index contributed by atoms with van der Waals surface area (Å²) in [5.74, 6) is -0.664. The van der Waals surface area contributed by atoms with E-state index in [-0.39, 0.29) is 28.5 Å². The molecule has 0 unspecified atom stereocenters. The maximum Gasteiger partial charge on any atom is 0.417 e. The smallest absolute Gasteiger partial charge is 0.388 e. The van der Waals surface area contributed by atoms with Crippen LogP contribution in [0.4, 0.5) is 18.9 Å². The average molecular weight is 451 g/mol. The molecule has 10 heteroatoms. The minimum atomic E-state index is -4.65. The number of anilines is 1. The lowest BCUT2D eigenvalue weighted by Crippen LogP contribution is -2.16. The minimum absolute atomic E-state index is 0.0318. The Morgan fingerprint density at radius 1 is 0.970 bits per heavy atom. The molecule has 0 fully saturated rings. The van der Waals surface area contributed by atoms with E-state index in [9.17, 15) is 23.1 Å². The lowest BCUT2D eigenvalue weighted by molar-refractivity contribution is -0.137. The van der Waals surface area contributed by atoms with Gasteiger partial charge in [-0.05, 0) is 24.3 Å². The highest BCUT2D eigenvalue weighted by Gasteiger charge is 2.34. The Bertz CT molecular complexity index is 1280. The van der Waals surface area contributed by atoms with Crippen LogP contribution in [0.2, 0.25) is 0 Å². The summed E-state index contributed by atoms with van der Waals surface area (Å²) in [5.41, 5.74) is -0.0366. The third-order valence-corrected chi connectivity index (χ3v) is 4.67. The molecule has 2 aromatic heterocycles. The van der Waals surface area contributed by atoms with E-state index in [1.165, 1.54) is 24.7 Å². The number of benzene rings is 2. The van der Waals surface area contributed by atoms with E-state index in [0.717, 1.165) is 18.2 Å². The highest BCUT2D eigenvalue weighted by molar-refractivity contribution is 6.06. The molecule has 0 saturated heterocycles. The molecule has 0 bridgehead atoms. The summed E-state index contributed by atoms with van der Waals surface area (Å²) in [5, 5.41) is 12.0. The predicted octanol–water partition coefficient (Wildman–Crippen LogP) is 4.36. The lowest BCUT2D eigenvalue weighted by atomic mass is 10.0. The fraction of sp³-hybridized carbons (Fsp3) is 0.0870. The molecule has 0 aliphatic carbocycles. The molecule has 4 aromatic rings. The fourth-order valence-corrected chi connectivity index (χ4v) is 3.15. The second kappa shape index (κ2) is 9.13. The van der Waals surface area contributed by atoms with Crippen molar-refractivity contribution in [2.45, 2.75) is 12.8 Å². The molecular weight excluding hydrogens is 435 g/mol. The second-order valence-corrected chi connectivity index (χ2v) is 6.86. The number of nitrogens with zero attached hydrogens (tertiary/aromatic N) is 4. The number of aromatic nitrogens is 4. The number of amides is 1. The number of carbonyl (C=O) groups is 1. The van der Waals surface area contributed by atoms with Gasteiger partial charge in [0.25, 0.3) is 5.91 Å². The zero-order chi connectivity index (χ0) is 23.4. The zero-order valence-electron chi connectivity index (χ0n) is 16.9. The third-order valence-electron chi connectivity index (χ3n) is 4.67. The fourth-order valence-electron chi connectivity index (χ4n) is 3.15. The van der Waals surface area contributed by atoms with Crippen LogP contribution in [0.15, 0.2) is 73.2 Å². The van der Waals surface area contributed by atoms with Gasteiger partial charge in [0.15, 0.2) is 11.6 Å². The minimum Gasteiger partial charge on any atom is -0.388 e. The zero-order valence-corrected chi connectivity index (χ0v) is 16.9. The first-order valence-electron chi connectivity index (χ1n) is 9.69. The summed E-state index contributed by atoms with van der Waals surface area (Å²) in [6, 6.07) is 13.4. The van der Waals surface area contributed by atoms with Crippen molar-refractivity contribution in [3.8, 4) is 22.6 Å². The highest BCUT2D eigenvalue weighted by atomic mass is 19.4. The Labute approximate surface area is 186 Å². The van der Waals surface area contributed by atoms with Gasteiger partial charge in [0, 0.05) is 29.1 Å². The summed E-state index contributed by atoms with van der Waals surface area (Å²) in [6.45, 7) is -0.395. The molecule has 4 rings (SSSR count). The average Bonchev–Trinajstić information content (AvgIpc) is 2.84. The first-order valence-corrected chi connectivity index (χ1v) is 9.69. The molecule has 0 saturated carbocycles. The van der Waals surface area contributed by atoms with Gasteiger partial charge in [-0.2, -0.15) is 13.2 Å². The van der Waals surface area contributed by atoms with Crippen LogP contribution < -0.4 is 5.32 Å². The van der Waals surface area contributed by atoms with E-state index in [1.54, 1.807) is 24.3 Å². The standard InChI is InChI=1S/C23H16F3N5O2/c24-23(25,26)17-8-7-15(11-16(17)21-27-9-4-10-28-21)22(33)30-18-12-29-19(13-32)31-20(18)14-5-2-1-3-6-14/h1-12,32H,13H2,(H,30,33). The molecule has 7 nitrogen and oxygen atoms in total. The Kier molecular flexibility index (Phi) is 6.09. The number of halogens is 3. The van der Waals surface area contributed by atoms with Crippen molar-refractivity contribution in [2.75, 3.05) is 5.32 Å². The molecule has 0 aliphatic rings. The van der Waals surface area contributed by atoms with Crippen molar-refractivity contribution in [2.24, 2.45) is 0 Å². The Morgan fingerprint density at radius 2 is 1.70 bits per heavy atom. The molecule has 166 valence electrons. The number of rotatable bonds is 5. The SMILES string of the molecule is O=C(Nc1cnc(CO)nc1-c1ccccc1)c1ccc(C(F)(F)F)c(-c2ncccn2)c1. The third kappa shape index (κ3) is 4.85. The summed E-state index contributed by atoms with van der Waals surface area (Å²) in [4.78, 5) is 29.0. The van der Waals surface area contributed by atoms with Crippen LogP contribution in [0.1, 0.15) is 21.7 Å². The summed E-state index contributed by atoms with van der Waals surface area (Å²) >= 11 is 0. The summed E-state index contributed by atoms with van der Waals surface area (Å²) in [7, 11) is 0. The number of carbonyl (C=O) groups excluding carboxylic acids is 1. The van der Waals surface area contributed by atoms with Crippen LogP contribution >= 0.6 is 0 Å². The maximum atomic E-state index is 13.5. The van der Waals surface area contributed by atoms with Gasteiger partial charge in [0.1, 0.15) is 6.61 Å². The van der Waals surface area contributed by atoms with Crippen molar-refractivity contribution in [3.05, 3.63) is 90.1 Å². The predicted molar refractivity (Wildman–Crippen MR) is 114 cm³/mol. The summed E-state index contributed by atoms with van der Waals surface area (Å²) < 4.78 is 40.6. The largest absolute Gasteiger partial charge is 0.417 e. The number of hydrogen-bond donors (Lipinski definition) is 2. The van der Waals surface area contributed by atoms with Crippen LogP contribution in [0.5, 0.6) is 0 Å². The Morgan fingerprint density at radius 3 is 2.36 bits per heavy atom. The number of aliphatic hydroxyl groups excluding tert-OH is 1. The van der Waals surface area contributed by atoms with Crippen molar-refractivity contribution >= 4 is 11.6 Å². The molecule has 2 N–H and O–H groups in total. The van der Waals surface area contributed by atoms with E-state index in [1.807, 2.05) is 6.07 Å². The number of alkyl halides is 3. The molecular formula is C23H16F3N5O2. The first kappa shape index (κ1) is 22.0. The van der Waals surface area contributed by atoms with Crippen molar-refractivity contribution < 1.29 is 23.1 Å². The topological polar surface area (TPSA) is 101 Å². The van der Waals surface area contributed by atoms with E-state index in [0.29, 0.717) is 11.3 Å². The highest BCUT2D eigenvalue weighted by Crippen LogP contribution is 2.36. The number of hydrogen-bond acceptors (Lipinski definition) is 6. The Balaban J connectivity index is 1.73. The van der Waals surface area contributed by atoms with Crippen LogP contribution in [-0.4, -0.2) is 30.9 Å². The molecule has 2 heterocycles. The van der Waals surface area contributed by atoms with Crippen LogP contribution in [0.25, 0.3) is 22.6 Å². The van der Waals surface area contributed by atoms with Gasteiger partial charge < -0.3 is 10.4 Å². The molecule has 0 atom stereocenters. The molecule has 1 amide bonds. The van der Waals surface area contributed by atoms with Gasteiger partial charge in [0.2, 0.25) is 0 Å². The van der Waals surface area contributed by atoms with E-state index < -0.39 is 24.3 Å². The monoisotopic (exact) mass is 451 g/mol. The van der Waals surface area contributed by atoms with Crippen molar-refractivity contribution in [1.29, 1.82) is 0 Å². The van der Waals surface area contributed by atoms with Crippen LogP contribution in [0, 0.1) is 0 Å². The van der Waals surface area contributed by atoms with Crippen molar-refractivity contribution in [1.82, 2.24) is 19.9 Å². The number of nitrogens with one attached hydrogen (secondary N) is 1. The van der Waals surface area contributed by atoms with Gasteiger partial charge in [-0.25, -0.2) is 19.9 Å². The second-order valence-electron chi connectivity index (χ2n) is 6.86. The first-order chi connectivity index (χ1) is 15.9. The van der Waals surface area contributed by atoms with Gasteiger partial charge in [0.05, 0.1) is 23.1 Å². The summed E-state index contributed by atoms with van der Waals surface area (Å²) in [6.07, 6.45) is -0.676. The lowest BCUT2D eigenvalue weighted by Gasteiger charge is -2.14. The maximum absolute atomic E-state index is 13.5. The number of aliphatic hydroxyl groups is 1. The van der Waals surface area contributed by atoms with E-state index in [4.69, 9.17) is 0 Å². The van der Waals surface area contributed by atoms with Crippen molar-refractivity contribution in [3.63, 3.8) is 0 Å². The van der Waals surface area contributed by atoms with Crippen LogP contribution in [0.3, 0.4) is 0 Å². The van der Waals surface area contributed by atoms with E-state index >= 15 is 0 Å². The van der Waals surface area contributed by atoms with Gasteiger partial charge in [-0.1, -0.05) is 30.3 Å². The Hall–Kier alpha value is -4.18.